The number of allylic oxidation sites excluding steroid dienone is 2. The van der Waals surface area contributed by atoms with E-state index in [1.54, 1.807) is 0 Å². The van der Waals surface area contributed by atoms with Crippen LogP contribution in [0.15, 0.2) is 11.6 Å². The normalized spacial score (nSPS) is 51.3. The van der Waals surface area contributed by atoms with Crippen molar-refractivity contribution in [2.75, 3.05) is 0 Å². The molecule has 0 unspecified atom stereocenters. The molecule has 0 heterocycles. The molecule has 4 aliphatic rings. The fourth-order valence-electron chi connectivity index (χ4n) is 7.20. The second-order valence-electron chi connectivity index (χ2n) is 9.19. The number of rotatable bonds is 0. The van der Waals surface area contributed by atoms with Crippen LogP contribution in [0.4, 0.5) is 0 Å². The van der Waals surface area contributed by atoms with Crippen LogP contribution in [0.5, 0.6) is 0 Å². The highest BCUT2D eigenvalue weighted by atomic mass is 16.1. The first-order valence-corrected chi connectivity index (χ1v) is 9.62. The monoisotopic (exact) mass is 314 g/mol. The lowest BCUT2D eigenvalue weighted by Gasteiger charge is -2.59. The van der Waals surface area contributed by atoms with Crippen LogP contribution < -0.4 is 0 Å². The molecule has 0 aromatic carbocycles. The number of ketones is 2. The summed E-state index contributed by atoms with van der Waals surface area (Å²) in [4.78, 5) is 24.5. The van der Waals surface area contributed by atoms with Crippen LogP contribution in [0.25, 0.3) is 0 Å². The van der Waals surface area contributed by atoms with Crippen LogP contribution in [-0.2, 0) is 9.59 Å². The van der Waals surface area contributed by atoms with Gasteiger partial charge in [0.15, 0.2) is 5.78 Å². The van der Waals surface area contributed by atoms with Crippen LogP contribution in [0.2, 0.25) is 0 Å². The summed E-state index contributed by atoms with van der Waals surface area (Å²) in [6.45, 7) is 6.86. The van der Waals surface area contributed by atoms with Gasteiger partial charge in [-0.1, -0.05) is 19.9 Å². The number of carbonyl (C=O) groups excluding carboxylic acids is 2. The van der Waals surface area contributed by atoms with E-state index >= 15 is 0 Å². The number of carbonyl (C=O) groups is 2. The minimum Gasteiger partial charge on any atom is -0.300 e. The number of hydrogen-bond acceptors (Lipinski definition) is 2. The van der Waals surface area contributed by atoms with Gasteiger partial charge in [0.25, 0.3) is 0 Å². The molecule has 0 spiro atoms. The molecule has 2 heteroatoms. The van der Waals surface area contributed by atoms with E-state index in [1.165, 1.54) is 25.7 Å². The molecule has 4 aliphatic carbocycles. The van der Waals surface area contributed by atoms with Gasteiger partial charge in [-0.05, 0) is 79.1 Å². The van der Waals surface area contributed by atoms with Crippen molar-refractivity contribution in [3.05, 3.63) is 11.6 Å². The first-order valence-electron chi connectivity index (χ1n) is 9.62. The Morgan fingerprint density at radius 2 is 1.78 bits per heavy atom. The molecule has 0 aliphatic heterocycles. The number of Topliss-reactive ketones (excluding diaryl/α,β-unsaturated/α-hetero) is 2. The Morgan fingerprint density at radius 3 is 2.52 bits per heavy atom. The maximum absolute atomic E-state index is 12.5. The molecule has 0 aromatic heterocycles. The molecule has 0 saturated heterocycles. The van der Waals surface area contributed by atoms with Crippen LogP contribution in [0.1, 0.15) is 72.1 Å². The van der Waals surface area contributed by atoms with Crippen molar-refractivity contribution in [2.24, 2.45) is 34.5 Å². The summed E-state index contributed by atoms with van der Waals surface area (Å²) in [6.07, 6.45) is 10.4. The van der Waals surface area contributed by atoms with E-state index in [1.807, 2.05) is 6.92 Å². The van der Waals surface area contributed by atoms with Crippen LogP contribution in [-0.4, -0.2) is 11.6 Å². The molecule has 0 aromatic rings. The molecule has 4 fully saturated rings. The first kappa shape index (κ1) is 15.6. The lowest BCUT2D eigenvalue weighted by atomic mass is 9.45. The van der Waals surface area contributed by atoms with Crippen LogP contribution >= 0.6 is 0 Å². The van der Waals surface area contributed by atoms with E-state index in [0.29, 0.717) is 34.7 Å². The fourth-order valence-corrected chi connectivity index (χ4v) is 7.20. The Balaban J connectivity index is 1.67. The van der Waals surface area contributed by atoms with Crippen molar-refractivity contribution >= 4 is 11.6 Å². The zero-order chi connectivity index (χ0) is 16.4. The Hall–Kier alpha value is -0.920. The van der Waals surface area contributed by atoms with Crippen LogP contribution in [0.3, 0.4) is 0 Å². The van der Waals surface area contributed by atoms with Crippen molar-refractivity contribution in [2.45, 2.75) is 72.1 Å². The molecular weight excluding hydrogens is 284 g/mol. The van der Waals surface area contributed by atoms with Gasteiger partial charge in [0.2, 0.25) is 0 Å². The van der Waals surface area contributed by atoms with Crippen molar-refractivity contribution in [3.63, 3.8) is 0 Å². The zero-order valence-electron chi connectivity index (χ0n) is 14.9. The lowest BCUT2D eigenvalue weighted by Crippen LogP contribution is -2.52. The van der Waals surface area contributed by atoms with E-state index in [2.05, 4.69) is 19.9 Å². The second kappa shape index (κ2) is 5.04. The lowest BCUT2D eigenvalue weighted by molar-refractivity contribution is -0.136. The summed E-state index contributed by atoms with van der Waals surface area (Å²) in [6, 6.07) is 0. The molecule has 4 rings (SSSR count). The van der Waals surface area contributed by atoms with Gasteiger partial charge in [-0.2, -0.15) is 0 Å². The Labute approximate surface area is 140 Å². The maximum Gasteiger partial charge on any atom is 0.159 e. The highest BCUT2D eigenvalue weighted by molar-refractivity contribution is 5.99. The van der Waals surface area contributed by atoms with Gasteiger partial charge in [-0.3, -0.25) is 9.59 Å². The SMILES string of the molecule is C/C=C1/C(=O)C[C@H]2[C@@H]3CC[C@H]4CC(=O)CC[C@]4(C)[C@H]3CC[C@]12C. The van der Waals surface area contributed by atoms with Gasteiger partial charge in [-0.15, -0.1) is 0 Å². The highest BCUT2D eigenvalue weighted by Gasteiger charge is 2.60. The molecule has 0 bridgehead atoms. The van der Waals surface area contributed by atoms with Gasteiger partial charge >= 0.3 is 0 Å². The number of fused-ring (bicyclic) bond motifs is 5. The van der Waals surface area contributed by atoms with Gasteiger partial charge in [0, 0.05) is 19.3 Å². The third-order valence-corrected chi connectivity index (χ3v) is 8.48. The second-order valence-corrected chi connectivity index (χ2v) is 9.19. The predicted molar refractivity (Wildman–Crippen MR) is 90.9 cm³/mol. The minimum atomic E-state index is 0.126. The Bertz CT molecular complexity index is 589. The smallest absolute Gasteiger partial charge is 0.159 e. The minimum absolute atomic E-state index is 0.126. The molecular formula is C21H30O2. The van der Waals surface area contributed by atoms with E-state index in [9.17, 15) is 9.59 Å². The van der Waals surface area contributed by atoms with E-state index < -0.39 is 0 Å². The summed E-state index contributed by atoms with van der Waals surface area (Å²) < 4.78 is 0. The average molecular weight is 314 g/mol. The maximum atomic E-state index is 12.5. The molecule has 0 N–H and O–H groups in total. The first-order chi connectivity index (χ1) is 10.9. The van der Waals surface area contributed by atoms with Gasteiger partial charge in [0.05, 0.1) is 0 Å². The van der Waals surface area contributed by atoms with Crippen molar-refractivity contribution in [3.8, 4) is 0 Å². The van der Waals surface area contributed by atoms with Crippen LogP contribution in [0, 0.1) is 34.5 Å². The van der Waals surface area contributed by atoms with Gasteiger partial charge < -0.3 is 0 Å². The van der Waals surface area contributed by atoms with Crippen molar-refractivity contribution in [1.82, 2.24) is 0 Å². The molecule has 126 valence electrons. The van der Waals surface area contributed by atoms with E-state index in [-0.39, 0.29) is 5.41 Å². The molecule has 6 atom stereocenters. The third-order valence-electron chi connectivity index (χ3n) is 8.48. The topological polar surface area (TPSA) is 34.1 Å². The standard InChI is InChI=1S/C21H30O2/c1-4-16-19(23)12-18-15-6-5-13-11-14(22)7-9-20(13,2)17(15)8-10-21(16,18)3/h4,13,15,17-18H,5-12H2,1-3H3/b16-4-/t13-,15+,17-,18-,20-,21+/m0/s1. The van der Waals surface area contributed by atoms with E-state index in [4.69, 9.17) is 0 Å². The number of hydrogen-bond donors (Lipinski definition) is 0. The fraction of sp³-hybridized carbons (Fsp3) is 0.810. The predicted octanol–water partition coefficient (Wildman–Crippen LogP) is 4.72. The van der Waals surface area contributed by atoms with Crippen molar-refractivity contribution < 1.29 is 9.59 Å². The summed E-state index contributed by atoms with van der Waals surface area (Å²) in [7, 11) is 0. The summed E-state index contributed by atoms with van der Waals surface area (Å²) in [5, 5.41) is 0. The summed E-state index contributed by atoms with van der Waals surface area (Å²) >= 11 is 0. The molecule has 2 nitrogen and oxygen atoms in total. The van der Waals surface area contributed by atoms with Gasteiger partial charge in [0.1, 0.15) is 5.78 Å². The van der Waals surface area contributed by atoms with Gasteiger partial charge in [-0.25, -0.2) is 0 Å². The quantitative estimate of drug-likeness (QED) is 0.606. The third kappa shape index (κ3) is 1.99. The Kier molecular flexibility index (Phi) is 3.42. The summed E-state index contributed by atoms with van der Waals surface area (Å²) in [5.41, 5.74) is 1.59. The van der Waals surface area contributed by atoms with E-state index in [0.717, 1.165) is 37.2 Å². The Morgan fingerprint density at radius 1 is 1.00 bits per heavy atom. The summed E-state index contributed by atoms with van der Waals surface area (Å²) in [5.74, 6) is 3.48. The zero-order valence-corrected chi connectivity index (χ0v) is 14.9. The average Bonchev–Trinajstić information content (AvgIpc) is 2.77. The molecule has 23 heavy (non-hydrogen) atoms. The molecule has 4 saturated carbocycles. The molecule has 0 radical (unpaired) electrons. The highest BCUT2D eigenvalue weighted by Crippen LogP contribution is 2.66. The molecule has 0 amide bonds. The van der Waals surface area contributed by atoms with Crippen molar-refractivity contribution in [1.29, 1.82) is 0 Å². The largest absolute Gasteiger partial charge is 0.300 e.